The van der Waals surface area contributed by atoms with Crippen LogP contribution in [0.4, 0.5) is 5.69 Å². The fourth-order valence-corrected chi connectivity index (χ4v) is 5.25. The van der Waals surface area contributed by atoms with Crippen LogP contribution >= 0.6 is 23.1 Å². The Morgan fingerprint density at radius 2 is 2.03 bits per heavy atom. The summed E-state index contributed by atoms with van der Waals surface area (Å²) in [5.41, 5.74) is 3.93. The van der Waals surface area contributed by atoms with Gasteiger partial charge < -0.3 is 10.1 Å². The molecule has 0 atom stereocenters. The van der Waals surface area contributed by atoms with Gasteiger partial charge in [0.15, 0.2) is 5.16 Å². The Morgan fingerprint density at radius 1 is 1.26 bits per heavy atom. The van der Waals surface area contributed by atoms with E-state index in [0.717, 1.165) is 32.1 Å². The van der Waals surface area contributed by atoms with Gasteiger partial charge in [0.2, 0.25) is 5.91 Å². The number of anilines is 1. The Kier molecular flexibility index (Phi) is 7.91. The van der Waals surface area contributed by atoms with Crippen LogP contribution in [0.25, 0.3) is 10.2 Å². The maximum atomic E-state index is 13.2. The maximum absolute atomic E-state index is 13.2. The number of nitrogens with zero attached hydrogens (tertiary/aromatic N) is 2. The number of nitrogens with one attached hydrogen (secondary N) is 1. The SMILES string of the molecule is CCOCCCn1c(SCC(=O)Nc2ccc(C)cc2C)nc2sc(C)c(C)c2c1=O. The van der Waals surface area contributed by atoms with Gasteiger partial charge >= 0.3 is 0 Å². The number of hydrogen-bond donors (Lipinski definition) is 1. The first-order valence-electron chi connectivity index (χ1n) is 10.4. The number of benzene rings is 1. The minimum absolute atomic E-state index is 0.0411. The molecule has 3 rings (SSSR count). The third kappa shape index (κ3) is 5.56. The van der Waals surface area contributed by atoms with Crippen LogP contribution in [0.15, 0.2) is 28.2 Å². The van der Waals surface area contributed by atoms with Crippen molar-refractivity contribution in [3.8, 4) is 0 Å². The second-order valence-corrected chi connectivity index (χ2v) is 9.67. The average molecular weight is 460 g/mol. The number of thioether (sulfide) groups is 1. The molecule has 8 heteroatoms. The molecule has 0 unspecified atom stereocenters. The van der Waals surface area contributed by atoms with Crippen LogP contribution in [0, 0.1) is 27.7 Å². The summed E-state index contributed by atoms with van der Waals surface area (Å²) in [6, 6.07) is 5.93. The summed E-state index contributed by atoms with van der Waals surface area (Å²) in [6.45, 7) is 11.7. The largest absolute Gasteiger partial charge is 0.382 e. The van der Waals surface area contributed by atoms with E-state index in [-0.39, 0.29) is 17.2 Å². The average Bonchev–Trinajstić information content (AvgIpc) is 3.01. The number of carbonyl (C=O) groups excluding carboxylic acids is 1. The molecule has 0 aliphatic rings. The molecular weight excluding hydrogens is 430 g/mol. The van der Waals surface area contributed by atoms with Gasteiger partial charge in [0, 0.05) is 30.3 Å². The third-order valence-corrected chi connectivity index (χ3v) is 7.19. The summed E-state index contributed by atoms with van der Waals surface area (Å²) in [4.78, 5) is 32.4. The molecule has 0 fully saturated rings. The lowest BCUT2D eigenvalue weighted by molar-refractivity contribution is -0.113. The molecule has 0 aliphatic carbocycles. The van der Waals surface area contributed by atoms with Crippen molar-refractivity contribution in [1.29, 1.82) is 0 Å². The van der Waals surface area contributed by atoms with Crippen molar-refractivity contribution in [2.75, 3.05) is 24.3 Å². The van der Waals surface area contributed by atoms with E-state index < -0.39 is 0 Å². The zero-order chi connectivity index (χ0) is 22.5. The topological polar surface area (TPSA) is 73.2 Å². The Balaban J connectivity index is 1.82. The molecule has 2 aromatic heterocycles. The molecule has 3 aromatic rings. The minimum Gasteiger partial charge on any atom is -0.382 e. The van der Waals surface area contributed by atoms with Crippen LogP contribution in [0.5, 0.6) is 0 Å². The number of aryl methyl sites for hydroxylation is 4. The zero-order valence-corrected chi connectivity index (χ0v) is 20.3. The van der Waals surface area contributed by atoms with E-state index in [1.807, 2.05) is 52.8 Å². The highest BCUT2D eigenvalue weighted by Gasteiger charge is 2.18. The van der Waals surface area contributed by atoms with Gasteiger partial charge in [0.05, 0.1) is 11.1 Å². The van der Waals surface area contributed by atoms with Crippen molar-refractivity contribution < 1.29 is 9.53 Å². The second-order valence-electron chi connectivity index (χ2n) is 7.52. The fourth-order valence-electron chi connectivity index (χ4n) is 3.36. The molecule has 0 saturated heterocycles. The van der Waals surface area contributed by atoms with Crippen LogP contribution in [0.3, 0.4) is 0 Å². The Hall–Kier alpha value is -2.16. The molecule has 0 saturated carbocycles. The van der Waals surface area contributed by atoms with Crippen molar-refractivity contribution in [3.63, 3.8) is 0 Å². The molecule has 1 aromatic carbocycles. The molecular formula is C23H29N3O3S2. The first kappa shape index (κ1) is 23.5. The van der Waals surface area contributed by atoms with E-state index in [2.05, 4.69) is 5.32 Å². The van der Waals surface area contributed by atoms with Gasteiger partial charge in [-0.15, -0.1) is 11.3 Å². The fraction of sp³-hybridized carbons (Fsp3) is 0.435. The molecule has 0 spiro atoms. The summed E-state index contributed by atoms with van der Waals surface area (Å²) >= 11 is 2.82. The van der Waals surface area contributed by atoms with Crippen LogP contribution in [0.2, 0.25) is 0 Å². The van der Waals surface area contributed by atoms with E-state index in [9.17, 15) is 9.59 Å². The van der Waals surface area contributed by atoms with Crippen molar-refractivity contribution in [2.24, 2.45) is 0 Å². The molecule has 6 nitrogen and oxygen atoms in total. The molecule has 0 aliphatic heterocycles. The van der Waals surface area contributed by atoms with Gasteiger partial charge in [0.25, 0.3) is 5.56 Å². The van der Waals surface area contributed by atoms with Crippen LogP contribution in [-0.4, -0.2) is 34.4 Å². The lowest BCUT2D eigenvalue weighted by Gasteiger charge is -2.13. The lowest BCUT2D eigenvalue weighted by atomic mass is 10.1. The highest BCUT2D eigenvalue weighted by atomic mass is 32.2. The summed E-state index contributed by atoms with van der Waals surface area (Å²) in [6.07, 6.45) is 0.714. The quantitative estimate of drug-likeness (QED) is 0.281. The van der Waals surface area contributed by atoms with Crippen LogP contribution in [0.1, 0.15) is 34.9 Å². The van der Waals surface area contributed by atoms with E-state index >= 15 is 0 Å². The molecule has 31 heavy (non-hydrogen) atoms. The maximum Gasteiger partial charge on any atom is 0.263 e. The Bertz CT molecular complexity index is 1150. The number of fused-ring (bicyclic) bond motifs is 1. The summed E-state index contributed by atoms with van der Waals surface area (Å²) in [7, 11) is 0. The van der Waals surface area contributed by atoms with Gasteiger partial charge in [-0.3, -0.25) is 14.2 Å². The first-order chi connectivity index (χ1) is 14.8. The standard InChI is InChI=1S/C23H29N3O3S2/c1-6-29-11-7-10-26-22(28)20-16(4)17(5)31-21(20)25-23(26)30-13-19(27)24-18-9-8-14(2)12-15(18)3/h8-9,12H,6-7,10-11,13H2,1-5H3,(H,24,27). The van der Waals surface area contributed by atoms with Crippen molar-refractivity contribution in [1.82, 2.24) is 9.55 Å². The van der Waals surface area contributed by atoms with Gasteiger partial charge in [0.1, 0.15) is 4.83 Å². The molecule has 166 valence electrons. The molecule has 2 heterocycles. The van der Waals surface area contributed by atoms with Gasteiger partial charge in [-0.2, -0.15) is 0 Å². The number of rotatable bonds is 9. The summed E-state index contributed by atoms with van der Waals surface area (Å²) in [5, 5.41) is 4.22. The number of amides is 1. The molecule has 0 radical (unpaired) electrons. The minimum atomic E-state index is -0.120. The van der Waals surface area contributed by atoms with Crippen molar-refractivity contribution in [2.45, 2.75) is 52.7 Å². The van der Waals surface area contributed by atoms with Gasteiger partial charge in [-0.25, -0.2) is 4.98 Å². The lowest BCUT2D eigenvalue weighted by Crippen LogP contribution is -2.25. The predicted octanol–water partition coefficient (Wildman–Crippen LogP) is 4.85. The molecule has 1 amide bonds. The summed E-state index contributed by atoms with van der Waals surface area (Å²) < 4.78 is 7.12. The van der Waals surface area contributed by atoms with Gasteiger partial charge in [-0.05, 0) is 58.2 Å². The zero-order valence-electron chi connectivity index (χ0n) is 18.7. The number of aromatic nitrogens is 2. The number of hydrogen-bond acceptors (Lipinski definition) is 6. The number of carbonyl (C=O) groups is 1. The monoisotopic (exact) mass is 459 g/mol. The predicted molar refractivity (Wildman–Crippen MR) is 130 cm³/mol. The second kappa shape index (κ2) is 10.4. The van der Waals surface area contributed by atoms with Crippen LogP contribution in [-0.2, 0) is 16.1 Å². The van der Waals surface area contributed by atoms with E-state index in [1.54, 1.807) is 4.57 Å². The Labute approximate surface area is 191 Å². The third-order valence-electron chi connectivity index (χ3n) is 5.12. The highest BCUT2D eigenvalue weighted by molar-refractivity contribution is 7.99. The number of ether oxygens (including phenoxy) is 1. The highest BCUT2D eigenvalue weighted by Crippen LogP contribution is 2.28. The summed E-state index contributed by atoms with van der Waals surface area (Å²) in [5.74, 6) is 0.0609. The van der Waals surface area contributed by atoms with E-state index in [4.69, 9.17) is 9.72 Å². The van der Waals surface area contributed by atoms with E-state index in [0.29, 0.717) is 36.7 Å². The Morgan fingerprint density at radius 3 is 2.74 bits per heavy atom. The van der Waals surface area contributed by atoms with Crippen molar-refractivity contribution in [3.05, 3.63) is 50.1 Å². The normalized spacial score (nSPS) is 11.3. The van der Waals surface area contributed by atoms with E-state index in [1.165, 1.54) is 23.1 Å². The van der Waals surface area contributed by atoms with Crippen LogP contribution < -0.4 is 10.9 Å². The molecule has 0 bridgehead atoms. The molecule has 1 N–H and O–H groups in total. The smallest absolute Gasteiger partial charge is 0.263 e. The first-order valence-corrected chi connectivity index (χ1v) is 12.2. The van der Waals surface area contributed by atoms with Crippen molar-refractivity contribution >= 4 is 44.9 Å². The van der Waals surface area contributed by atoms with Gasteiger partial charge in [-0.1, -0.05) is 29.5 Å². The number of thiophene rings is 1.